The van der Waals surface area contributed by atoms with Gasteiger partial charge >= 0.3 is 11.6 Å². The molecule has 0 spiro atoms. The molecule has 4 aromatic rings. The maximum Gasteiger partial charge on any atom is 0.374 e. The molecular weight excluding hydrogens is 386 g/mol. The zero-order valence-electron chi connectivity index (χ0n) is 14.2. The van der Waals surface area contributed by atoms with E-state index in [-0.39, 0.29) is 12.4 Å². The Bertz CT molecular complexity index is 1380. The highest BCUT2D eigenvalue weighted by atomic mass is 32.2. The molecule has 0 unspecified atom stereocenters. The molecule has 0 atom stereocenters. The first-order valence-corrected chi connectivity index (χ1v) is 9.62. The highest BCUT2D eigenvalue weighted by molar-refractivity contribution is 7.89. The number of rotatable bonds is 4. The van der Waals surface area contributed by atoms with Crippen LogP contribution in [0.2, 0.25) is 0 Å². The molecule has 2 heterocycles. The maximum absolute atomic E-state index is 12.2. The minimum absolute atomic E-state index is 0.236. The first-order valence-electron chi connectivity index (χ1n) is 8.07. The van der Waals surface area contributed by atoms with Crippen molar-refractivity contribution in [3.05, 3.63) is 76.3 Å². The van der Waals surface area contributed by atoms with Gasteiger partial charge in [0.25, 0.3) is 10.0 Å². The quantitative estimate of drug-likeness (QED) is 0.317. The lowest BCUT2D eigenvalue weighted by atomic mass is 10.0. The summed E-state index contributed by atoms with van der Waals surface area (Å²) < 4.78 is 37.8. The largest absolute Gasteiger partial charge is 0.455 e. The molecule has 0 saturated carbocycles. The molecular formula is C19H13NO7S. The summed E-state index contributed by atoms with van der Waals surface area (Å²) in [6.07, 6.45) is 0. The Morgan fingerprint density at radius 3 is 2.57 bits per heavy atom. The number of esters is 1. The third kappa shape index (κ3) is 3.28. The summed E-state index contributed by atoms with van der Waals surface area (Å²) in [6, 6.07) is 14.5. The number of nitrogens with two attached hydrogens (primary N) is 1. The molecule has 0 radical (unpaired) electrons. The molecule has 4 rings (SSSR count). The Labute approximate surface area is 158 Å². The number of benzene rings is 2. The molecule has 0 saturated heterocycles. The first kappa shape index (κ1) is 18.0. The van der Waals surface area contributed by atoms with Crippen LogP contribution in [-0.2, 0) is 21.4 Å². The smallest absolute Gasteiger partial charge is 0.374 e. The number of hydrogen-bond acceptors (Lipinski definition) is 7. The van der Waals surface area contributed by atoms with Crippen molar-refractivity contribution in [1.29, 1.82) is 0 Å². The zero-order valence-corrected chi connectivity index (χ0v) is 15.1. The van der Waals surface area contributed by atoms with E-state index in [9.17, 15) is 18.0 Å². The van der Waals surface area contributed by atoms with Crippen LogP contribution in [0.4, 0.5) is 0 Å². The number of carbonyl (C=O) groups excluding carboxylic acids is 1. The Balaban J connectivity index is 1.70. The topological polar surface area (TPSA) is 130 Å². The van der Waals surface area contributed by atoms with E-state index in [1.165, 1.54) is 6.07 Å². The first-order chi connectivity index (χ1) is 13.3. The molecule has 0 fully saturated rings. The van der Waals surface area contributed by atoms with Gasteiger partial charge in [0.2, 0.25) is 10.9 Å². The predicted molar refractivity (Wildman–Crippen MR) is 99.2 cm³/mol. The van der Waals surface area contributed by atoms with Crippen LogP contribution in [0, 0.1) is 0 Å². The molecule has 2 aromatic carbocycles. The third-order valence-corrected chi connectivity index (χ3v) is 4.92. The molecule has 28 heavy (non-hydrogen) atoms. The van der Waals surface area contributed by atoms with Crippen molar-refractivity contribution in [3.8, 4) is 0 Å². The lowest BCUT2D eigenvalue weighted by Crippen LogP contribution is -2.11. The van der Waals surface area contributed by atoms with Gasteiger partial charge in [-0.1, -0.05) is 30.3 Å². The molecule has 2 aromatic heterocycles. The number of hydrogen-bond donors (Lipinski definition) is 1. The second kappa shape index (κ2) is 6.63. The SMILES string of the molecule is NS(=O)(=O)c1ccc(C(=O)OCc2cc(=O)oc3ccc4ccccc4c23)o1. The maximum atomic E-state index is 12.2. The molecule has 0 amide bonds. The lowest BCUT2D eigenvalue weighted by Gasteiger charge is -2.09. The summed E-state index contributed by atoms with van der Waals surface area (Å²) in [5, 5.41) is 6.82. The van der Waals surface area contributed by atoms with Crippen molar-refractivity contribution < 1.29 is 26.8 Å². The van der Waals surface area contributed by atoms with Gasteiger partial charge in [0.1, 0.15) is 12.2 Å². The standard InChI is InChI=1S/C19H13NO7S/c20-28(23,24)17-8-7-15(27-17)19(22)25-10-12-9-16(21)26-14-6-5-11-3-1-2-4-13(11)18(12)14/h1-9H,10H2,(H2,20,23,24). The van der Waals surface area contributed by atoms with Crippen LogP contribution in [0.3, 0.4) is 0 Å². The average molecular weight is 399 g/mol. The Hall–Kier alpha value is -3.43. The van der Waals surface area contributed by atoms with Crippen molar-refractivity contribution in [2.75, 3.05) is 0 Å². The number of furan rings is 1. The van der Waals surface area contributed by atoms with Gasteiger partial charge in [-0.2, -0.15) is 0 Å². The number of ether oxygens (including phenoxy) is 1. The van der Waals surface area contributed by atoms with Crippen molar-refractivity contribution in [1.82, 2.24) is 0 Å². The predicted octanol–water partition coefficient (Wildman–Crippen LogP) is 2.54. The molecule has 0 aliphatic carbocycles. The lowest BCUT2D eigenvalue weighted by molar-refractivity contribution is 0.0431. The van der Waals surface area contributed by atoms with Crippen LogP contribution >= 0.6 is 0 Å². The zero-order chi connectivity index (χ0) is 19.9. The second-order valence-corrected chi connectivity index (χ2v) is 7.48. The van der Waals surface area contributed by atoms with Gasteiger partial charge in [0.05, 0.1) is 0 Å². The van der Waals surface area contributed by atoms with Crippen molar-refractivity contribution in [2.45, 2.75) is 11.7 Å². The Morgan fingerprint density at radius 1 is 1.04 bits per heavy atom. The summed E-state index contributed by atoms with van der Waals surface area (Å²) >= 11 is 0. The van der Waals surface area contributed by atoms with Gasteiger partial charge in [-0.15, -0.1) is 0 Å². The summed E-state index contributed by atoms with van der Waals surface area (Å²) in [6.45, 7) is -0.236. The molecule has 2 N–H and O–H groups in total. The van der Waals surface area contributed by atoms with Crippen LogP contribution in [0.15, 0.2) is 73.3 Å². The highest BCUT2D eigenvalue weighted by Gasteiger charge is 2.19. The van der Waals surface area contributed by atoms with Gasteiger partial charge in [-0.25, -0.2) is 23.1 Å². The van der Waals surface area contributed by atoms with Crippen molar-refractivity contribution >= 4 is 37.7 Å². The summed E-state index contributed by atoms with van der Waals surface area (Å²) in [5.41, 5.74) is 0.240. The van der Waals surface area contributed by atoms with Gasteiger partial charge in [0.15, 0.2) is 0 Å². The van der Waals surface area contributed by atoms with Gasteiger partial charge < -0.3 is 13.6 Å². The summed E-state index contributed by atoms with van der Waals surface area (Å²) in [5.74, 6) is -1.21. The fraction of sp³-hybridized carbons (Fsp3) is 0.0526. The Morgan fingerprint density at radius 2 is 1.82 bits per heavy atom. The van der Waals surface area contributed by atoms with E-state index in [1.807, 2.05) is 30.3 Å². The second-order valence-electron chi connectivity index (χ2n) is 5.99. The van der Waals surface area contributed by atoms with Crippen LogP contribution < -0.4 is 10.8 Å². The van der Waals surface area contributed by atoms with E-state index < -0.39 is 26.7 Å². The number of sulfonamides is 1. The fourth-order valence-electron chi connectivity index (χ4n) is 2.93. The number of primary sulfonamides is 1. The van der Waals surface area contributed by atoms with E-state index in [0.29, 0.717) is 16.5 Å². The van der Waals surface area contributed by atoms with Gasteiger partial charge in [0, 0.05) is 17.0 Å². The van der Waals surface area contributed by atoms with Crippen LogP contribution in [0.5, 0.6) is 0 Å². The average Bonchev–Trinajstić information content (AvgIpc) is 3.16. The summed E-state index contributed by atoms with van der Waals surface area (Å²) in [4.78, 5) is 24.1. The van der Waals surface area contributed by atoms with Crippen molar-refractivity contribution in [3.63, 3.8) is 0 Å². The molecule has 0 bridgehead atoms. The highest BCUT2D eigenvalue weighted by Crippen LogP contribution is 2.28. The van der Waals surface area contributed by atoms with E-state index in [4.69, 9.17) is 18.7 Å². The third-order valence-electron chi connectivity index (χ3n) is 4.14. The van der Waals surface area contributed by atoms with E-state index in [1.54, 1.807) is 6.07 Å². The van der Waals surface area contributed by atoms with Crippen molar-refractivity contribution in [2.24, 2.45) is 5.14 Å². The molecule has 9 heteroatoms. The minimum Gasteiger partial charge on any atom is -0.455 e. The number of carbonyl (C=O) groups is 1. The summed E-state index contributed by atoms with van der Waals surface area (Å²) in [7, 11) is -4.07. The molecule has 8 nitrogen and oxygen atoms in total. The Kier molecular flexibility index (Phi) is 4.25. The molecule has 0 aliphatic rings. The van der Waals surface area contributed by atoms with Gasteiger partial charge in [-0.3, -0.25) is 0 Å². The number of fused-ring (bicyclic) bond motifs is 3. The monoisotopic (exact) mass is 399 g/mol. The minimum atomic E-state index is -4.07. The van der Waals surface area contributed by atoms with Crippen LogP contribution in [0.1, 0.15) is 16.1 Å². The fourth-order valence-corrected chi connectivity index (χ4v) is 3.39. The van der Waals surface area contributed by atoms with E-state index in [2.05, 4.69) is 0 Å². The van der Waals surface area contributed by atoms with Gasteiger partial charge in [-0.05, 0) is 29.0 Å². The van der Waals surface area contributed by atoms with Crippen LogP contribution in [0.25, 0.3) is 21.7 Å². The van der Waals surface area contributed by atoms with Crippen LogP contribution in [-0.4, -0.2) is 14.4 Å². The normalized spacial score (nSPS) is 11.8. The molecule has 142 valence electrons. The van der Waals surface area contributed by atoms with E-state index >= 15 is 0 Å². The molecule has 0 aliphatic heterocycles. The van der Waals surface area contributed by atoms with E-state index in [0.717, 1.165) is 22.9 Å².